The van der Waals surface area contributed by atoms with Crippen molar-refractivity contribution in [2.75, 3.05) is 40.3 Å². The Morgan fingerprint density at radius 2 is 2.00 bits per heavy atom. The number of likely N-dealkylation sites (tertiary alicyclic amines) is 1. The minimum absolute atomic E-state index is 0.413. The Morgan fingerprint density at radius 1 is 1.37 bits per heavy atom. The number of nitrogens with one attached hydrogen (secondary N) is 1. The standard InChI is InChI=1S/C14H27N3O2/c1-16-7-5-11(6-8-16)9-17(2)10-13(14(18)19)15-12-3-4-12/h11-13,15H,3-10H2,1-2H3,(H,18,19). The van der Waals surface area contributed by atoms with Crippen LogP contribution in [0.1, 0.15) is 25.7 Å². The average molecular weight is 269 g/mol. The molecule has 5 heteroatoms. The Balaban J connectivity index is 1.71. The van der Waals surface area contributed by atoms with Crippen LogP contribution < -0.4 is 5.32 Å². The molecular weight excluding hydrogens is 242 g/mol. The van der Waals surface area contributed by atoms with Gasteiger partial charge in [-0.15, -0.1) is 0 Å². The molecule has 1 heterocycles. The lowest BCUT2D eigenvalue weighted by atomic mass is 9.96. The van der Waals surface area contributed by atoms with Crippen molar-refractivity contribution in [2.45, 2.75) is 37.8 Å². The maximum atomic E-state index is 11.2. The normalized spacial score (nSPS) is 23.7. The van der Waals surface area contributed by atoms with Gasteiger partial charge in [0.1, 0.15) is 6.04 Å². The van der Waals surface area contributed by atoms with Gasteiger partial charge >= 0.3 is 5.97 Å². The summed E-state index contributed by atoms with van der Waals surface area (Å²) < 4.78 is 0. The smallest absolute Gasteiger partial charge is 0.322 e. The van der Waals surface area contributed by atoms with Crippen LogP contribution in [0.5, 0.6) is 0 Å². The molecule has 1 saturated carbocycles. The van der Waals surface area contributed by atoms with E-state index in [1.165, 1.54) is 25.9 Å². The first-order valence-corrected chi connectivity index (χ1v) is 7.40. The number of piperidine rings is 1. The van der Waals surface area contributed by atoms with E-state index in [1.54, 1.807) is 0 Å². The van der Waals surface area contributed by atoms with Gasteiger partial charge < -0.3 is 20.2 Å². The third-order valence-corrected chi connectivity index (χ3v) is 4.21. The molecule has 0 aromatic rings. The van der Waals surface area contributed by atoms with Crippen LogP contribution in [-0.4, -0.2) is 73.2 Å². The van der Waals surface area contributed by atoms with Crippen molar-refractivity contribution in [3.63, 3.8) is 0 Å². The second-order valence-electron chi connectivity index (χ2n) is 6.30. The Kier molecular flexibility index (Phi) is 5.19. The molecule has 2 rings (SSSR count). The summed E-state index contributed by atoms with van der Waals surface area (Å²) in [5.41, 5.74) is 0. The Hall–Kier alpha value is -0.650. The van der Waals surface area contributed by atoms with Gasteiger partial charge in [-0.3, -0.25) is 4.79 Å². The number of likely N-dealkylation sites (N-methyl/N-ethyl adjacent to an activating group) is 1. The van der Waals surface area contributed by atoms with E-state index in [2.05, 4.69) is 22.2 Å². The van der Waals surface area contributed by atoms with Gasteiger partial charge in [0.05, 0.1) is 0 Å². The van der Waals surface area contributed by atoms with Gasteiger partial charge in [-0.1, -0.05) is 0 Å². The minimum atomic E-state index is -0.720. The molecule has 0 aromatic carbocycles. The molecule has 19 heavy (non-hydrogen) atoms. The monoisotopic (exact) mass is 269 g/mol. The molecule has 1 unspecified atom stereocenters. The summed E-state index contributed by atoms with van der Waals surface area (Å²) in [6, 6.07) is 0.0293. The summed E-state index contributed by atoms with van der Waals surface area (Å²) in [6.45, 7) is 3.96. The van der Waals surface area contributed by atoms with Gasteiger partial charge in [0, 0.05) is 19.1 Å². The zero-order chi connectivity index (χ0) is 13.8. The summed E-state index contributed by atoms with van der Waals surface area (Å²) in [4.78, 5) is 15.8. The zero-order valence-electron chi connectivity index (χ0n) is 12.1. The molecule has 2 N–H and O–H groups in total. The lowest BCUT2D eigenvalue weighted by Gasteiger charge is -2.32. The van der Waals surface area contributed by atoms with Crippen molar-refractivity contribution >= 4 is 5.97 Å². The highest BCUT2D eigenvalue weighted by molar-refractivity contribution is 5.73. The van der Waals surface area contributed by atoms with Crippen molar-refractivity contribution in [3.05, 3.63) is 0 Å². The first-order valence-electron chi connectivity index (χ1n) is 7.40. The summed E-state index contributed by atoms with van der Waals surface area (Å²) in [5, 5.41) is 12.5. The summed E-state index contributed by atoms with van der Waals surface area (Å²) in [7, 11) is 4.21. The van der Waals surface area contributed by atoms with Crippen LogP contribution in [0, 0.1) is 5.92 Å². The van der Waals surface area contributed by atoms with E-state index < -0.39 is 12.0 Å². The Morgan fingerprint density at radius 3 is 2.53 bits per heavy atom. The van der Waals surface area contributed by atoms with Crippen LogP contribution >= 0.6 is 0 Å². The van der Waals surface area contributed by atoms with E-state index in [0.717, 1.165) is 25.3 Å². The van der Waals surface area contributed by atoms with Crippen LogP contribution in [0.4, 0.5) is 0 Å². The first kappa shape index (κ1) is 14.8. The van der Waals surface area contributed by atoms with Gasteiger partial charge in [-0.05, 0) is 58.8 Å². The first-order chi connectivity index (χ1) is 9.04. The van der Waals surface area contributed by atoms with Crippen molar-refractivity contribution < 1.29 is 9.90 Å². The van der Waals surface area contributed by atoms with Gasteiger partial charge in [0.2, 0.25) is 0 Å². The molecule has 0 spiro atoms. The fraction of sp³-hybridized carbons (Fsp3) is 0.929. The molecule has 5 nitrogen and oxygen atoms in total. The second kappa shape index (κ2) is 6.68. The molecule has 2 fully saturated rings. The van der Waals surface area contributed by atoms with Crippen LogP contribution in [0.3, 0.4) is 0 Å². The Bertz CT molecular complexity index is 299. The number of carbonyl (C=O) groups is 1. The van der Waals surface area contributed by atoms with Gasteiger partial charge in [0.15, 0.2) is 0 Å². The average Bonchev–Trinajstić information content (AvgIpc) is 3.15. The van der Waals surface area contributed by atoms with Crippen LogP contribution in [0.25, 0.3) is 0 Å². The van der Waals surface area contributed by atoms with Gasteiger partial charge in [-0.25, -0.2) is 0 Å². The third-order valence-electron chi connectivity index (χ3n) is 4.21. The number of hydrogen-bond donors (Lipinski definition) is 2. The number of aliphatic carboxylic acids is 1. The topological polar surface area (TPSA) is 55.8 Å². The van der Waals surface area contributed by atoms with E-state index in [1.807, 2.05) is 7.05 Å². The molecule has 0 amide bonds. The molecule has 1 aliphatic heterocycles. The molecule has 1 saturated heterocycles. The lowest BCUT2D eigenvalue weighted by Crippen LogP contribution is -2.47. The minimum Gasteiger partial charge on any atom is -0.480 e. The second-order valence-corrected chi connectivity index (χ2v) is 6.30. The van der Waals surface area contributed by atoms with E-state index in [0.29, 0.717) is 12.6 Å². The SMILES string of the molecule is CN1CCC(CN(C)CC(NC2CC2)C(=O)O)CC1. The van der Waals surface area contributed by atoms with Crippen molar-refractivity contribution in [1.82, 2.24) is 15.1 Å². The van der Waals surface area contributed by atoms with Gasteiger partial charge in [-0.2, -0.15) is 0 Å². The van der Waals surface area contributed by atoms with Crippen LogP contribution in [0.15, 0.2) is 0 Å². The predicted molar refractivity (Wildman–Crippen MR) is 75.3 cm³/mol. The largest absolute Gasteiger partial charge is 0.480 e. The van der Waals surface area contributed by atoms with Crippen molar-refractivity contribution in [2.24, 2.45) is 5.92 Å². The molecular formula is C14H27N3O2. The summed E-state index contributed by atoms with van der Waals surface area (Å²) in [5.74, 6) is -0.00121. The molecule has 1 atom stereocenters. The quantitative estimate of drug-likeness (QED) is 0.703. The van der Waals surface area contributed by atoms with Crippen molar-refractivity contribution in [1.29, 1.82) is 0 Å². The molecule has 110 valence electrons. The lowest BCUT2D eigenvalue weighted by molar-refractivity contribution is -0.140. The Labute approximate surface area is 115 Å². The van der Waals surface area contributed by atoms with Crippen molar-refractivity contribution in [3.8, 4) is 0 Å². The molecule has 0 aromatic heterocycles. The zero-order valence-corrected chi connectivity index (χ0v) is 12.1. The third kappa shape index (κ3) is 5.09. The molecule has 0 radical (unpaired) electrons. The van der Waals surface area contributed by atoms with Crippen LogP contribution in [-0.2, 0) is 4.79 Å². The van der Waals surface area contributed by atoms with Gasteiger partial charge in [0.25, 0.3) is 0 Å². The maximum Gasteiger partial charge on any atom is 0.322 e. The maximum absolute atomic E-state index is 11.2. The fourth-order valence-electron chi connectivity index (χ4n) is 2.81. The number of carboxylic acid groups (broad SMARTS) is 1. The highest BCUT2D eigenvalue weighted by atomic mass is 16.4. The summed E-state index contributed by atoms with van der Waals surface area (Å²) >= 11 is 0. The number of carboxylic acids is 1. The highest BCUT2D eigenvalue weighted by Gasteiger charge is 2.29. The number of hydrogen-bond acceptors (Lipinski definition) is 4. The summed E-state index contributed by atoms with van der Waals surface area (Å²) in [6.07, 6.45) is 4.72. The number of nitrogens with zero attached hydrogens (tertiary/aromatic N) is 2. The van der Waals surface area contributed by atoms with E-state index in [-0.39, 0.29) is 0 Å². The van der Waals surface area contributed by atoms with E-state index >= 15 is 0 Å². The van der Waals surface area contributed by atoms with E-state index in [9.17, 15) is 9.90 Å². The van der Waals surface area contributed by atoms with E-state index in [4.69, 9.17) is 0 Å². The predicted octanol–water partition coefficient (Wildman–Crippen LogP) is 0.465. The fourth-order valence-corrected chi connectivity index (χ4v) is 2.81. The van der Waals surface area contributed by atoms with Crippen LogP contribution in [0.2, 0.25) is 0 Å². The molecule has 0 bridgehead atoms. The number of rotatable bonds is 7. The highest BCUT2D eigenvalue weighted by Crippen LogP contribution is 2.20. The molecule has 2 aliphatic rings. The molecule has 1 aliphatic carbocycles.